The van der Waals surface area contributed by atoms with Gasteiger partial charge in [-0.3, -0.25) is 14.5 Å². The maximum absolute atomic E-state index is 12.7. The number of amides is 1. The number of carboxylic acid groups (broad SMARTS) is 1. The Morgan fingerprint density at radius 3 is 2.57 bits per heavy atom. The van der Waals surface area contributed by atoms with E-state index < -0.39 is 35.4 Å². The molecular formula is C18H14ClN3O5S. The van der Waals surface area contributed by atoms with Crippen LogP contribution in [0.25, 0.3) is 0 Å². The van der Waals surface area contributed by atoms with Crippen molar-refractivity contribution < 1.29 is 24.2 Å². The first-order valence-corrected chi connectivity index (χ1v) is 9.26. The number of carbonyl (C=O) groups is 3. The summed E-state index contributed by atoms with van der Waals surface area (Å²) in [6.07, 6.45) is -0.436. The number of fused-ring (bicyclic) bond motifs is 1. The van der Waals surface area contributed by atoms with Crippen LogP contribution in [0.2, 0.25) is 5.02 Å². The largest absolute Gasteiger partial charge is 0.481 e. The number of carbonyl (C=O) groups excluding carboxylic acids is 2. The number of halogens is 1. The molecule has 2 unspecified atom stereocenters. The predicted molar refractivity (Wildman–Crippen MR) is 101 cm³/mol. The van der Waals surface area contributed by atoms with Gasteiger partial charge < -0.3 is 15.6 Å². The van der Waals surface area contributed by atoms with Crippen molar-refractivity contribution in [3.8, 4) is 6.07 Å². The number of nitriles is 1. The van der Waals surface area contributed by atoms with Gasteiger partial charge in [-0.05, 0) is 17.7 Å². The summed E-state index contributed by atoms with van der Waals surface area (Å²) in [7, 11) is 1.17. The minimum Gasteiger partial charge on any atom is -0.481 e. The lowest BCUT2D eigenvalue weighted by Crippen LogP contribution is -2.39. The lowest BCUT2D eigenvalue weighted by Gasteiger charge is -2.31. The Morgan fingerprint density at radius 1 is 1.39 bits per heavy atom. The number of aliphatic carboxylic acids is 1. The van der Waals surface area contributed by atoms with Gasteiger partial charge in [0.2, 0.25) is 5.91 Å². The fourth-order valence-electron chi connectivity index (χ4n) is 3.15. The summed E-state index contributed by atoms with van der Waals surface area (Å²) in [4.78, 5) is 37.3. The van der Waals surface area contributed by atoms with Gasteiger partial charge in [0.15, 0.2) is 0 Å². The SMILES string of the molecule is COC(=O)C1=C(N)N2C(=O)C(CC(=O)O)SC2=C(C#N)C1c1ccc(Cl)cc1. The molecule has 1 saturated heterocycles. The molecule has 0 aliphatic carbocycles. The van der Waals surface area contributed by atoms with Crippen molar-refractivity contribution >= 4 is 41.2 Å². The van der Waals surface area contributed by atoms with Crippen LogP contribution in [0, 0.1) is 11.3 Å². The van der Waals surface area contributed by atoms with E-state index in [1.807, 2.05) is 6.07 Å². The molecule has 2 heterocycles. The van der Waals surface area contributed by atoms with Crippen molar-refractivity contribution in [3.05, 3.63) is 56.8 Å². The van der Waals surface area contributed by atoms with Crippen molar-refractivity contribution in [3.63, 3.8) is 0 Å². The molecule has 1 aromatic carbocycles. The molecule has 28 heavy (non-hydrogen) atoms. The molecule has 3 rings (SSSR count). The van der Waals surface area contributed by atoms with Crippen molar-refractivity contribution in [1.29, 1.82) is 5.26 Å². The molecule has 0 saturated carbocycles. The molecule has 3 N–H and O–H groups in total. The van der Waals surface area contributed by atoms with Gasteiger partial charge in [0.25, 0.3) is 0 Å². The second kappa shape index (κ2) is 7.58. The van der Waals surface area contributed by atoms with Crippen molar-refractivity contribution in [2.45, 2.75) is 17.6 Å². The Kier molecular flexibility index (Phi) is 5.36. The van der Waals surface area contributed by atoms with Crippen LogP contribution in [0.5, 0.6) is 0 Å². The topological polar surface area (TPSA) is 134 Å². The average molecular weight is 420 g/mol. The van der Waals surface area contributed by atoms with Gasteiger partial charge in [0, 0.05) is 5.02 Å². The van der Waals surface area contributed by atoms with Gasteiger partial charge in [-0.2, -0.15) is 5.26 Å². The zero-order valence-electron chi connectivity index (χ0n) is 14.5. The fraction of sp³-hybridized carbons (Fsp3) is 0.222. The number of benzene rings is 1. The van der Waals surface area contributed by atoms with Gasteiger partial charge in [0.05, 0.1) is 41.7 Å². The molecule has 1 fully saturated rings. The first-order chi connectivity index (χ1) is 13.3. The predicted octanol–water partition coefficient (Wildman–Crippen LogP) is 1.93. The normalized spacial score (nSPS) is 21.5. The highest BCUT2D eigenvalue weighted by Gasteiger charge is 2.48. The highest BCUT2D eigenvalue weighted by molar-refractivity contribution is 8.04. The number of esters is 1. The fourth-order valence-corrected chi connectivity index (χ4v) is 4.56. The molecule has 0 spiro atoms. The molecule has 10 heteroatoms. The van der Waals surface area contributed by atoms with E-state index in [2.05, 4.69) is 0 Å². The number of hydrogen-bond acceptors (Lipinski definition) is 7. The Hall–Kier alpha value is -2.96. The average Bonchev–Trinajstić information content (AvgIpc) is 2.97. The number of nitrogens with zero attached hydrogens (tertiary/aromatic N) is 2. The molecule has 0 aromatic heterocycles. The van der Waals surface area contributed by atoms with E-state index >= 15 is 0 Å². The third-order valence-electron chi connectivity index (χ3n) is 4.37. The lowest BCUT2D eigenvalue weighted by molar-refractivity contribution is -0.139. The zero-order chi connectivity index (χ0) is 20.6. The standard InChI is InChI=1S/C18H14ClN3O5S/c1-27-18(26)14-13(8-2-4-9(19)5-3-8)10(7-20)17-22(15(14)21)16(25)11(28-17)6-12(23)24/h2-5,11,13H,6,21H2,1H3,(H,23,24). The summed E-state index contributed by atoms with van der Waals surface area (Å²) in [5.41, 5.74) is 6.77. The van der Waals surface area contributed by atoms with Crippen LogP contribution >= 0.6 is 23.4 Å². The minimum absolute atomic E-state index is 0.0601. The molecule has 0 radical (unpaired) electrons. The molecule has 144 valence electrons. The minimum atomic E-state index is -1.16. The van der Waals surface area contributed by atoms with Crippen LogP contribution in [-0.4, -0.2) is 40.2 Å². The lowest BCUT2D eigenvalue weighted by atomic mass is 9.83. The van der Waals surface area contributed by atoms with Crippen LogP contribution in [0.3, 0.4) is 0 Å². The van der Waals surface area contributed by atoms with Gasteiger partial charge in [-0.25, -0.2) is 4.79 Å². The summed E-state index contributed by atoms with van der Waals surface area (Å²) >= 11 is 6.88. The van der Waals surface area contributed by atoms with Crippen LogP contribution in [0.1, 0.15) is 17.9 Å². The van der Waals surface area contributed by atoms with E-state index in [1.54, 1.807) is 24.3 Å². The van der Waals surface area contributed by atoms with E-state index in [-0.39, 0.29) is 22.0 Å². The number of methoxy groups -OCH3 is 1. The van der Waals surface area contributed by atoms with Crippen molar-refractivity contribution in [2.75, 3.05) is 7.11 Å². The van der Waals surface area contributed by atoms with Gasteiger partial charge in [0.1, 0.15) is 11.1 Å². The first-order valence-electron chi connectivity index (χ1n) is 8.00. The van der Waals surface area contributed by atoms with E-state index in [0.717, 1.165) is 16.7 Å². The van der Waals surface area contributed by atoms with E-state index in [0.29, 0.717) is 10.6 Å². The Morgan fingerprint density at radius 2 is 2.04 bits per heavy atom. The van der Waals surface area contributed by atoms with E-state index in [4.69, 9.17) is 27.2 Å². The number of rotatable bonds is 4. The van der Waals surface area contributed by atoms with E-state index in [9.17, 15) is 19.6 Å². The summed E-state index contributed by atoms with van der Waals surface area (Å²) < 4.78 is 4.83. The van der Waals surface area contributed by atoms with Gasteiger partial charge in [-0.1, -0.05) is 35.5 Å². The van der Waals surface area contributed by atoms with Crippen LogP contribution in [-0.2, 0) is 19.1 Å². The zero-order valence-corrected chi connectivity index (χ0v) is 16.1. The monoisotopic (exact) mass is 419 g/mol. The second-order valence-electron chi connectivity index (χ2n) is 5.98. The smallest absolute Gasteiger partial charge is 0.338 e. The number of allylic oxidation sites excluding steroid dienone is 1. The molecule has 8 nitrogen and oxygen atoms in total. The van der Waals surface area contributed by atoms with Gasteiger partial charge >= 0.3 is 11.9 Å². The van der Waals surface area contributed by atoms with Crippen LogP contribution < -0.4 is 5.73 Å². The maximum Gasteiger partial charge on any atom is 0.338 e. The Labute approximate surface area is 169 Å². The third kappa shape index (κ3) is 3.21. The highest BCUT2D eigenvalue weighted by atomic mass is 35.5. The van der Waals surface area contributed by atoms with Crippen molar-refractivity contribution in [2.24, 2.45) is 5.73 Å². The number of thioether (sulfide) groups is 1. The summed E-state index contributed by atoms with van der Waals surface area (Å²) in [5.74, 6) is -3.59. The molecule has 2 aliphatic rings. The summed E-state index contributed by atoms with van der Waals surface area (Å²) in [6, 6.07) is 8.55. The second-order valence-corrected chi connectivity index (χ2v) is 7.61. The van der Waals surface area contributed by atoms with Crippen LogP contribution in [0.15, 0.2) is 46.3 Å². The summed E-state index contributed by atoms with van der Waals surface area (Å²) in [6.45, 7) is 0. The number of nitrogens with two attached hydrogens (primary N) is 1. The molecule has 1 aromatic rings. The number of carboxylic acids is 1. The Bertz CT molecular complexity index is 980. The molecular weight excluding hydrogens is 406 g/mol. The summed E-state index contributed by atoms with van der Waals surface area (Å²) in [5, 5.41) is 18.6. The number of ether oxygens (including phenoxy) is 1. The maximum atomic E-state index is 12.7. The third-order valence-corrected chi connectivity index (χ3v) is 5.90. The molecule has 2 aliphatic heterocycles. The van der Waals surface area contributed by atoms with Crippen LogP contribution in [0.4, 0.5) is 0 Å². The Balaban J connectivity index is 2.22. The first kappa shape index (κ1) is 19.8. The molecule has 0 bridgehead atoms. The highest BCUT2D eigenvalue weighted by Crippen LogP contribution is 2.49. The quantitative estimate of drug-likeness (QED) is 0.707. The van der Waals surface area contributed by atoms with Gasteiger partial charge in [-0.15, -0.1) is 0 Å². The number of hydrogen-bond donors (Lipinski definition) is 2. The molecule has 2 atom stereocenters. The van der Waals surface area contributed by atoms with E-state index in [1.165, 1.54) is 7.11 Å². The van der Waals surface area contributed by atoms with Crippen molar-refractivity contribution in [1.82, 2.24) is 4.90 Å². The molecule has 1 amide bonds.